The van der Waals surface area contributed by atoms with Crippen LogP contribution in [0, 0.1) is 23.7 Å². The van der Waals surface area contributed by atoms with Gasteiger partial charge in [0.05, 0.1) is 26.4 Å². The molecule has 17 nitrogen and oxygen atoms in total. The second-order valence-electron chi connectivity index (χ2n) is 25.3. The van der Waals surface area contributed by atoms with Crippen molar-refractivity contribution in [2.45, 2.75) is 337 Å². The van der Waals surface area contributed by atoms with Crippen LogP contribution in [-0.2, 0) is 65.4 Å². The first kappa shape index (κ1) is 83.1. The van der Waals surface area contributed by atoms with Crippen molar-refractivity contribution in [3.8, 4) is 0 Å². The molecule has 0 aromatic carbocycles. The smallest absolute Gasteiger partial charge is 0.462 e. The van der Waals surface area contributed by atoms with Gasteiger partial charge in [-0.25, -0.2) is 9.13 Å². The SMILES string of the molecule is CCC(C)CCCCCCCCCCC(=O)O[C@H](COC(=O)CCCCCCCCCC(C)C)COP(=O)(O)OCC(O)COP(=O)(O)OC[C@@H](COC(=O)CCCCCCCCC(C)CC)OC(=O)CCCCCCCCCCCCC(C)C. The van der Waals surface area contributed by atoms with E-state index in [4.69, 9.17) is 37.0 Å². The number of rotatable bonds is 63. The minimum absolute atomic E-state index is 0.103. The van der Waals surface area contributed by atoms with Crippen molar-refractivity contribution in [2.75, 3.05) is 39.6 Å². The number of hydrogen-bond acceptors (Lipinski definition) is 15. The Kier molecular flexibility index (Phi) is 54.8. The average Bonchev–Trinajstić information content (AvgIpc) is 3.53. The summed E-state index contributed by atoms with van der Waals surface area (Å²) in [6.07, 6.45) is 36.2. The quantitative estimate of drug-likeness (QED) is 0.0222. The molecule has 0 aromatic rings. The van der Waals surface area contributed by atoms with Gasteiger partial charge in [0.15, 0.2) is 12.2 Å². The van der Waals surface area contributed by atoms with Crippen molar-refractivity contribution < 1.29 is 80.2 Å². The molecule has 504 valence electrons. The van der Waals surface area contributed by atoms with Gasteiger partial charge in [-0.2, -0.15) is 0 Å². The predicted octanol–water partition coefficient (Wildman–Crippen LogP) is 18.1. The molecule has 0 saturated heterocycles. The lowest BCUT2D eigenvalue weighted by atomic mass is 9.99. The second-order valence-corrected chi connectivity index (χ2v) is 28.2. The van der Waals surface area contributed by atoms with E-state index in [0.717, 1.165) is 120 Å². The van der Waals surface area contributed by atoms with E-state index in [0.29, 0.717) is 31.6 Å². The minimum atomic E-state index is -4.95. The van der Waals surface area contributed by atoms with Gasteiger partial charge in [0.25, 0.3) is 0 Å². The maximum atomic E-state index is 13.0. The van der Waals surface area contributed by atoms with Gasteiger partial charge in [0.1, 0.15) is 19.3 Å². The van der Waals surface area contributed by atoms with Crippen LogP contribution < -0.4 is 0 Å². The van der Waals surface area contributed by atoms with Crippen LogP contribution in [0.5, 0.6) is 0 Å². The van der Waals surface area contributed by atoms with Crippen molar-refractivity contribution in [1.82, 2.24) is 0 Å². The molecule has 7 atom stereocenters. The van der Waals surface area contributed by atoms with Gasteiger partial charge in [-0.05, 0) is 49.4 Å². The Morgan fingerprint density at radius 2 is 0.565 bits per heavy atom. The summed E-state index contributed by atoms with van der Waals surface area (Å²) in [6, 6.07) is 0. The van der Waals surface area contributed by atoms with E-state index in [1.807, 2.05) is 0 Å². The molecule has 0 heterocycles. The first-order chi connectivity index (χ1) is 40.7. The van der Waals surface area contributed by atoms with E-state index < -0.39 is 97.5 Å². The van der Waals surface area contributed by atoms with Crippen molar-refractivity contribution >= 4 is 39.5 Å². The van der Waals surface area contributed by atoms with Gasteiger partial charge < -0.3 is 33.8 Å². The number of aliphatic hydroxyl groups is 1. The molecular formula is C66H128O17P2. The summed E-state index contributed by atoms with van der Waals surface area (Å²) in [5, 5.41) is 10.6. The fourth-order valence-corrected chi connectivity index (χ4v) is 11.3. The average molecular weight is 1260 g/mol. The molecule has 0 aromatic heterocycles. The molecule has 0 rings (SSSR count). The topological polar surface area (TPSA) is 237 Å². The highest BCUT2D eigenvalue weighted by atomic mass is 31.2. The number of aliphatic hydroxyl groups excluding tert-OH is 1. The summed E-state index contributed by atoms with van der Waals surface area (Å²) in [7, 11) is -9.89. The number of phosphoric acid groups is 2. The molecule has 0 saturated carbocycles. The lowest BCUT2D eigenvalue weighted by molar-refractivity contribution is -0.161. The van der Waals surface area contributed by atoms with E-state index >= 15 is 0 Å². The molecule has 0 radical (unpaired) electrons. The highest BCUT2D eigenvalue weighted by Gasteiger charge is 2.30. The fraction of sp³-hybridized carbons (Fsp3) is 0.939. The minimum Gasteiger partial charge on any atom is -0.462 e. The van der Waals surface area contributed by atoms with Crippen LogP contribution in [-0.4, -0.2) is 96.7 Å². The summed E-state index contributed by atoms with van der Waals surface area (Å²) in [4.78, 5) is 72.3. The zero-order valence-electron chi connectivity index (χ0n) is 55.2. The predicted molar refractivity (Wildman–Crippen MR) is 340 cm³/mol. The third-order valence-electron chi connectivity index (χ3n) is 15.8. The van der Waals surface area contributed by atoms with Gasteiger partial charge in [0, 0.05) is 25.7 Å². The normalized spacial score (nSPS) is 15.0. The Labute approximate surface area is 517 Å². The number of ether oxygens (including phenoxy) is 4. The van der Waals surface area contributed by atoms with Crippen LogP contribution in [0.3, 0.4) is 0 Å². The molecule has 0 aliphatic carbocycles. The third-order valence-corrected chi connectivity index (χ3v) is 17.7. The molecule has 85 heavy (non-hydrogen) atoms. The van der Waals surface area contributed by atoms with Crippen LogP contribution in [0.25, 0.3) is 0 Å². The number of carbonyl (C=O) groups is 4. The maximum Gasteiger partial charge on any atom is 0.472 e. The first-order valence-corrected chi connectivity index (χ1v) is 37.3. The lowest BCUT2D eigenvalue weighted by Gasteiger charge is -2.21. The Bertz CT molecular complexity index is 1700. The largest absolute Gasteiger partial charge is 0.472 e. The number of phosphoric ester groups is 2. The standard InChI is InChI=1S/C66H128O17P2/c1-9-58(7)44-36-28-20-15-16-22-33-41-49-66(71)83-61(52-76-63(68)46-38-30-23-17-19-27-35-43-57(5)6)54-80-84(72,73)78-50-60(67)51-79-85(74,75)81-55-62(53-77-64(69)47-39-31-25-24-29-37-45-59(8)10-2)82-65(70)48-40-32-21-14-12-11-13-18-26-34-42-56(3)4/h56-62,67H,9-55H2,1-8H3,(H,72,73)(H,74,75)/t58?,59?,60?,61-,62-/m1/s1. The Hall–Kier alpha value is -1.94. The number of unbranched alkanes of at least 4 members (excludes halogenated alkanes) is 27. The monoisotopic (exact) mass is 1250 g/mol. The van der Waals surface area contributed by atoms with Crippen LogP contribution in [0.15, 0.2) is 0 Å². The van der Waals surface area contributed by atoms with E-state index in [2.05, 4.69) is 55.4 Å². The van der Waals surface area contributed by atoms with E-state index in [1.54, 1.807) is 0 Å². The van der Waals surface area contributed by atoms with Crippen molar-refractivity contribution in [2.24, 2.45) is 23.7 Å². The van der Waals surface area contributed by atoms with Crippen LogP contribution in [0.4, 0.5) is 0 Å². The van der Waals surface area contributed by atoms with Crippen LogP contribution >= 0.6 is 15.6 Å². The Morgan fingerprint density at radius 1 is 0.329 bits per heavy atom. The summed E-state index contributed by atoms with van der Waals surface area (Å²) in [6.45, 7) is 14.0. The summed E-state index contributed by atoms with van der Waals surface area (Å²) < 4.78 is 68.1. The van der Waals surface area contributed by atoms with E-state index in [9.17, 15) is 43.2 Å². The zero-order chi connectivity index (χ0) is 63.2. The van der Waals surface area contributed by atoms with Crippen LogP contribution in [0.2, 0.25) is 0 Å². The highest BCUT2D eigenvalue weighted by Crippen LogP contribution is 2.45. The Morgan fingerprint density at radius 3 is 0.835 bits per heavy atom. The summed E-state index contributed by atoms with van der Waals surface area (Å²) in [5.74, 6) is 0.819. The fourth-order valence-electron chi connectivity index (χ4n) is 9.72. The lowest BCUT2D eigenvalue weighted by Crippen LogP contribution is -2.30. The number of hydrogen-bond donors (Lipinski definition) is 3. The molecule has 0 fully saturated rings. The van der Waals surface area contributed by atoms with Gasteiger partial charge in [0.2, 0.25) is 0 Å². The van der Waals surface area contributed by atoms with Gasteiger partial charge in [-0.15, -0.1) is 0 Å². The molecular weight excluding hydrogens is 1130 g/mol. The molecule has 0 aliphatic rings. The van der Waals surface area contributed by atoms with Crippen molar-refractivity contribution in [1.29, 1.82) is 0 Å². The maximum absolute atomic E-state index is 13.0. The zero-order valence-corrected chi connectivity index (χ0v) is 57.0. The molecule has 0 spiro atoms. The number of carbonyl (C=O) groups excluding carboxylic acids is 4. The van der Waals surface area contributed by atoms with Crippen molar-refractivity contribution in [3.05, 3.63) is 0 Å². The molecule has 0 amide bonds. The highest BCUT2D eigenvalue weighted by molar-refractivity contribution is 7.47. The van der Waals surface area contributed by atoms with Gasteiger partial charge in [-0.1, -0.05) is 267 Å². The van der Waals surface area contributed by atoms with E-state index in [-0.39, 0.29) is 25.7 Å². The molecule has 19 heteroatoms. The summed E-state index contributed by atoms with van der Waals surface area (Å²) >= 11 is 0. The number of esters is 4. The Balaban J connectivity index is 5.27. The van der Waals surface area contributed by atoms with Crippen LogP contribution in [0.1, 0.15) is 319 Å². The summed E-state index contributed by atoms with van der Waals surface area (Å²) in [5.41, 5.74) is 0. The first-order valence-electron chi connectivity index (χ1n) is 34.3. The van der Waals surface area contributed by atoms with Crippen molar-refractivity contribution in [3.63, 3.8) is 0 Å². The van der Waals surface area contributed by atoms with Gasteiger partial charge in [-0.3, -0.25) is 37.3 Å². The van der Waals surface area contributed by atoms with E-state index in [1.165, 1.54) is 109 Å². The molecule has 0 bridgehead atoms. The van der Waals surface area contributed by atoms with Gasteiger partial charge >= 0.3 is 39.5 Å². The molecule has 0 aliphatic heterocycles. The molecule has 3 N–H and O–H groups in total. The molecule has 5 unspecified atom stereocenters. The third kappa shape index (κ3) is 58.2. The second kappa shape index (κ2) is 56.1.